The van der Waals surface area contributed by atoms with E-state index in [4.69, 9.17) is 4.74 Å². The molecule has 0 saturated heterocycles. The van der Waals surface area contributed by atoms with Gasteiger partial charge in [-0.25, -0.2) is 4.79 Å². The molecule has 1 aromatic carbocycles. The average Bonchev–Trinajstić information content (AvgIpc) is 3.18. The molecule has 1 aliphatic carbocycles. The van der Waals surface area contributed by atoms with Crippen LogP contribution in [-0.2, 0) is 9.53 Å². The molecule has 9 nitrogen and oxygen atoms in total. The largest absolute Gasteiger partial charge is 0.444 e. The van der Waals surface area contributed by atoms with Gasteiger partial charge in [0, 0.05) is 5.56 Å². The highest BCUT2D eigenvalue weighted by atomic mass is 32.1. The Morgan fingerprint density at radius 3 is 2.52 bits per heavy atom. The second-order valence-electron chi connectivity index (χ2n) is 8.85. The molecule has 1 aromatic heterocycles. The van der Waals surface area contributed by atoms with Crippen molar-refractivity contribution in [2.45, 2.75) is 70.9 Å². The molecule has 3 N–H and O–H groups in total. The Kier molecular flexibility index (Phi) is 7.42. The van der Waals surface area contributed by atoms with E-state index >= 15 is 0 Å². The Hall–Kier alpha value is -2.75. The van der Waals surface area contributed by atoms with Crippen LogP contribution in [0.4, 0.5) is 4.79 Å². The zero-order chi connectivity index (χ0) is 22.4. The van der Waals surface area contributed by atoms with Crippen molar-refractivity contribution in [1.29, 1.82) is 0 Å². The van der Waals surface area contributed by atoms with E-state index in [9.17, 15) is 14.4 Å². The molecular weight excluding hydrogens is 418 g/mol. The van der Waals surface area contributed by atoms with Gasteiger partial charge in [0.25, 0.3) is 11.8 Å². The van der Waals surface area contributed by atoms with Crippen molar-refractivity contribution in [3.05, 3.63) is 23.8 Å². The summed E-state index contributed by atoms with van der Waals surface area (Å²) in [5.74, 6) is -0.618. The molecule has 168 valence electrons. The molecule has 2 aromatic rings. The van der Waals surface area contributed by atoms with Gasteiger partial charge in [0.05, 0.1) is 11.7 Å². The van der Waals surface area contributed by atoms with Gasteiger partial charge in [-0.05, 0) is 51.3 Å². The molecule has 3 rings (SSSR count). The number of nitrogens with zero attached hydrogens (tertiary/aromatic N) is 2. The third-order valence-corrected chi connectivity index (χ3v) is 5.67. The molecule has 10 heteroatoms. The van der Waals surface area contributed by atoms with Gasteiger partial charge >= 0.3 is 6.09 Å². The van der Waals surface area contributed by atoms with Crippen LogP contribution < -0.4 is 16.2 Å². The van der Waals surface area contributed by atoms with Gasteiger partial charge in [-0.2, -0.15) is 8.75 Å². The van der Waals surface area contributed by atoms with Crippen molar-refractivity contribution in [2.24, 2.45) is 5.92 Å². The number of fused-ring (bicyclic) bond motifs is 1. The Balaban J connectivity index is 1.61. The van der Waals surface area contributed by atoms with Gasteiger partial charge in [-0.1, -0.05) is 32.1 Å². The lowest BCUT2D eigenvalue weighted by Gasteiger charge is -2.27. The van der Waals surface area contributed by atoms with Crippen molar-refractivity contribution in [3.63, 3.8) is 0 Å². The summed E-state index contributed by atoms with van der Waals surface area (Å²) in [6.07, 6.45) is 5.32. The Morgan fingerprint density at radius 2 is 1.81 bits per heavy atom. The summed E-state index contributed by atoms with van der Waals surface area (Å²) in [7, 11) is 0. The van der Waals surface area contributed by atoms with Crippen LogP contribution in [0.15, 0.2) is 18.2 Å². The normalized spacial score (nSPS) is 15.8. The number of nitrogens with one attached hydrogen (secondary N) is 3. The highest BCUT2D eigenvalue weighted by Gasteiger charge is 2.28. The molecule has 1 fully saturated rings. The van der Waals surface area contributed by atoms with Gasteiger partial charge in [0.15, 0.2) is 0 Å². The first-order valence-corrected chi connectivity index (χ1v) is 11.3. The van der Waals surface area contributed by atoms with Crippen molar-refractivity contribution in [3.8, 4) is 0 Å². The zero-order valence-electron chi connectivity index (χ0n) is 18.1. The summed E-state index contributed by atoms with van der Waals surface area (Å²) in [6, 6.07) is 4.12. The minimum Gasteiger partial charge on any atom is -0.444 e. The second-order valence-corrected chi connectivity index (χ2v) is 9.38. The topological polar surface area (TPSA) is 122 Å². The number of aromatic nitrogens is 2. The van der Waals surface area contributed by atoms with Gasteiger partial charge in [0.2, 0.25) is 0 Å². The quantitative estimate of drug-likeness (QED) is 0.605. The summed E-state index contributed by atoms with van der Waals surface area (Å²) in [5.41, 5.74) is 5.86. The summed E-state index contributed by atoms with van der Waals surface area (Å²) in [6.45, 7) is 5.28. The number of carbonyl (C=O) groups excluding carboxylic acids is 3. The van der Waals surface area contributed by atoms with Gasteiger partial charge in [-0.3, -0.25) is 20.4 Å². The number of hydrogen-bond acceptors (Lipinski definition) is 7. The van der Waals surface area contributed by atoms with Crippen LogP contribution in [0.1, 0.15) is 69.7 Å². The van der Waals surface area contributed by atoms with Crippen LogP contribution in [-0.4, -0.2) is 38.3 Å². The highest BCUT2D eigenvalue weighted by Crippen LogP contribution is 2.27. The number of amides is 3. The smallest absolute Gasteiger partial charge is 0.408 e. The summed E-state index contributed by atoms with van der Waals surface area (Å²) in [5, 5.41) is 2.66. The van der Waals surface area contributed by atoms with Crippen LogP contribution >= 0.6 is 11.7 Å². The van der Waals surface area contributed by atoms with Crippen molar-refractivity contribution in [1.82, 2.24) is 24.9 Å². The zero-order valence-corrected chi connectivity index (χ0v) is 18.9. The van der Waals surface area contributed by atoms with Crippen LogP contribution in [0.3, 0.4) is 0 Å². The third-order valence-electron chi connectivity index (χ3n) is 5.12. The third kappa shape index (κ3) is 6.88. The molecule has 0 aliphatic heterocycles. The van der Waals surface area contributed by atoms with Crippen LogP contribution in [0.2, 0.25) is 0 Å². The molecule has 3 amide bonds. The number of hydrogen-bond donors (Lipinski definition) is 3. The monoisotopic (exact) mass is 447 g/mol. The fourth-order valence-electron chi connectivity index (χ4n) is 3.64. The molecule has 1 atom stereocenters. The van der Waals surface area contributed by atoms with Crippen LogP contribution in [0.5, 0.6) is 0 Å². The van der Waals surface area contributed by atoms with Crippen molar-refractivity contribution >= 4 is 40.7 Å². The average molecular weight is 448 g/mol. The summed E-state index contributed by atoms with van der Waals surface area (Å²) >= 11 is 1.07. The van der Waals surface area contributed by atoms with E-state index in [0.29, 0.717) is 28.9 Å². The maximum atomic E-state index is 12.8. The molecule has 31 heavy (non-hydrogen) atoms. The van der Waals surface area contributed by atoms with E-state index in [1.54, 1.807) is 39.0 Å². The fraction of sp³-hybridized carbons (Fsp3) is 0.571. The first kappa shape index (κ1) is 22.9. The standard InChI is InChI=1S/C21H29N5O4S/c1-21(2,3)30-20(29)22-17(11-13-7-5-4-6-8-13)19(28)24-23-18(27)14-9-10-15-16(12-14)26-31-25-15/h9-10,12-13,17H,4-8,11H2,1-3H3,(H,22,29)(H,23,27)(H,24,28). The lowest BCUT2D eigenvalue weighted by molar-refractivity contribution is -0.124. The highest BCUT2D eigenvalue weighted by molar-refractivity contribution is 7.00. The minimum atomic E-state index is -0.802. The van der Waals surface area contributed by atoms with Gasteiger partial charge < -0.3 is 10.1 Å². The summed E-state index contributed by atoms with van der Waals surface area (Å²) < 4.78 is 13.5. The molecule has 0 spiro atoms. The summed E-state index contributed by atoms with van der Waals surface area (Å²) in [4.78, 5) is 37.5. The fourth-order valence-corrected chi connectivity index (χ4v) is 4.16. The maximum Gasteiger partial charge on any atom is 0.408 e. The van der Waals surface area contributed by atoms with E-state index in [2.05, 4.69) is 24.9 Å². The van der Waals surface area contributed by atoms with E-state index in [1.165, 1.54) is 6.42 Å². The SMILES string of the molecule is CC(C)(C)OC(=O)NC(CC1CCCCC1)C(=O)NNC(=O)c1ccc2nsnc2c1. The van der Waals surface area contributed by atoms with Crippen molar-refractivity contribution < 1.29 is 19.1 Å². The lowest BCUT2D eigenvalue weighted by Crippen LogP contribution is -2.53. The Morgan fingerprint density at radius 1 is 1.10 bits per heavy atom. The lowest BCUT2D eigenvalue weighted by atomic mass is 9.84. The Labute approximate surface area is 185 Å². The second kappa shape index (κ2) is 10.0. The molecule has 1 heterocycles. The number of alkyl carbamates (subject to hydrolysis) is 1. The van der Waals surface area contributed by atoms with E-state index in [-0.39, 0.29) is 0 Å². The number of benzene rings is 1. The molecule has 1 aliphatic rings. The van der Waals surface area contributed by atoms with Crippen LogP contribution in [0.25, 0.3) is 11.0 Å². The predicted octanol–water partition coefficient (Wildman–Crippen LogP) is 3.32. The molecule has 0 bridgehead atoms. The van der Waals surface area contributed by atoms with Gasteiger partial charge in [-0.15, -0.1) is 0 Å². The predicted molar refractivity (Wildman–Crippen MR) is 117 cm³/mol. The first-order chi connectivity index (χ1) is 14.7. The van der Waals surface area contributed by atoms with Crippen molar-refractivity contribution in [2.75, 3.05) is 0 Å². The maximum absolute atomic E-state index is 12.8. The number of carbonyl (C=O) groups is 3. The Bertz CT molecular complexity index is 933. The molecule has 1 saturated carbocycles. The van der Waals surface area contributed by atoms with E-state index in [1.807, 2.05) is 0 Å². The minimum absolute atomic E-state index is 0.342. The van der Waals surface area contributed by atoms with E-state index < -0.39 is 29.6 Å². The number of hydrazine groups is 1. The number of ether oxygens (including phenoxy) is 1. The van der Waals surface area contributed by atoms with E-state index in [0.717, 1.165) is 37.4 Å². The molecule has 1 unspecified atom stereocenters. The van der Waals surface area contributed by atoms with Gasteiger partial charge in [0.1, 0.15) is 22.7 Å². The molecular formula is C21H29N5O4S. The molecule has 0 radical (unpaired) electrons. The first-order valence-electron chi connectivity index (χ1n) is 10.5. The number of rotatable bonds is 5. The van der Waals surface area contributed by atoms with Crippen LogP contribution in [0, 0.1) is 5.92 Å².